The first kappa shape index (κ1) is 20.4. The molecule has 1 saturated heterocycles. The minimum absolute atomic E-state index is 0.0499. The quantitative estimate of drug-likeness (QED) is 0.569. The van der Waals surface area contributed by atoms with Crippen LogP contribution in [0.4, 0.5) is 4.39 Å². The molecule has 1 aromatic heterocycles. The Balaban J connectivity index is 1.36. The lowest BCUT2D eigenvalue weighted by Crippen LogP contribution is -2.44. The van der Waals surface area contributed by atoms with Gasteiger partial charge in [0.2, 0.25) is 0 Å². The number of fused-ring (bicyclic) bond motifs is 1. The molecule has 0 amide bonds. The number of rotatable bonds is 6. The number of likely N-dealkylation sites (N-methyl/N-ethyl adjacent to an activating group) is 1. The lowest BCUT2D eigenvalue weighted by atomic mass is 10.2. The minimum atomic E-state index is -0.479. The van der Waals surface area contributed by atoms with Crippen molar-refractivity contribution in [1.82, 2.24) is 19.8 Å². The van der Waals surface area contributed by atoms with Crippen molar-refractivity contribution in [2.24, 2.45) is 0 Å². The van der Waals surface area contributed by atoms with Gasteiger partial charge in [-0.3, -0.25) is 0 Å². The van der Waals surface area contributed by atoms with Crippen LogP contribution in [0, 0.1) is 5.82 Å². The molecule has 2 heterocycles. The van der Waals surface area contributed by atoms with Crippen molar-refractivity contribution in [2.45, 2.75) is 6.42 Å². The molecule has 0 radical (unpaired) electrons. The third-order valence-corrected chi connectivity index (χ3v) is 5.79. The van der Waals surface area contributed by atoms with Crippen LogP contribution in [-0.4, -0.2) is 66.1 Å². The summed E-state index contributed by atoms with van der Waals surface area (Å²) >= 11 is 12.2. The Hall–Kier alpha value is -1.86. The lowest BCUT2D eigenvalue weighted by Gasteiger charge is -2.32. The summed E-state index contributed by atoms with van der Waals surface area (Å²) in [6.45, 7) is 6.11. The monoisotopic (exact) mass is 436 g/mol. The average molecular weight is 437 g/mol. The van der Waals surface area contributed by atoms with Crippen LogP contribution in [0.25, 0.3) is 22.4 Å². The molecule has 29 heavy (non-hydrogen) atoms. The summed E-state index contributed by atoms with van der Waals surface area (Å²) in [6.07, 6.45) is 0.956. The van der Waals surface area contributed by atoms with Crippen LogP contribution in [0.15, 0.2) is 30.3 Å². The summed E-state index contributed by atoms with van der Waals surface area (Å²) in [5, 5.41) is 0.570. The molecular weight excluding hydrogens is 414 g/mol. The maximum Gasteiger partial charge on any atom is 0.144 e. The summed E-state index contributed by atoms with van der Waals surface area (Å²) in [6, 6.07) is 8.37. The standard InChI is InChI=1S/C21H23Cl2FN4O/c1-27-6-8-28(9-7-27)5-2-10-29-20-4-3-14(11-16(20)23)21-25-18-12-15(22)17(24)13-19(18)26-21/h3-4,11-13H,2,5-10H2,1H3,(H,25,26). The first-order valence-electron chi connectivity index (χ1n) is 9.68. The predicted molar refractivity (Wildman–Crippen MR) is 116 cm³/mol. The van der Waals surface area contributed by atoms with Crippen molar-refractivity contribution in [2.75, 3.05) is 46.4 Å². The Kier molecular flexibility index (Phi) is 6.25. The molecular formula is C21H23Cl2FN4O. The number of nitrogens with zero attached hydrogens (tertiary/aromatic N) is 3. The highest BCUT2D eigenvalue weighted by Gasteiger charge is 2.14. The number of ether oxygens (including phenoxy) is 1. The van der Waals surface area contributed by atoms with Crippen molar-refractivity contribution < 1.29 is 9.13 Å². The number of aromatic amines is 1. The van der Waals surface area contributed by atoms with Gasteiger partial charge in [-0.05, 0) is 37.7 Å². The Bertz CT molecular complexity index is 963. The van der Waals surface area contributed by atoms with Crippen LogP contribution < -0.4 is 4.74 Å². The van der Waals surface area contributed by atoms with Gasteiger partial charge < -0.3 is 19.5 Å². The zero-order valence-corrected chi connectivity index (χ0v) is 17.7. The van der Waals surface area contributed by atoms with Crippen LogP contribution >= 0.6 is 23.2 Å². The Labute approximate surface area is 179 Å². The number of imidazole rings is 1. The zero-order valence-electron chi connectivity index (χ0n) is 16.2. The van der Waals surface area contributed by atoms with E-state index in [4.69, 9.17) is 27.9 Å². The average Bonchev–Trinajstić information content (AvgIpc) is 3.10. The highest BCUT2D eigenvalue weighted by Crippen LogP contribution is 2.31. The third-order valence-electron chi connectivity index (χ3n) is 5.20. The Morgan fingerprint density at radius 2 is 1.90 bits per heavy atom. The smallest absolute Gasteiger partial charge is 0.144 e. The van der Waals surface area contributed by atoms with E-state index in [0.717, 1.165) is 44.7 Å². The molecule has 0 bridgehead atoms. The zero-order chi connectivity index (χ0) is 20.4. The van der Waals surface area contributed by atoms with Gasteiger partial charge in [-0.25, -0.2) is 9.37 Å². The van der Waals surface area contributed by atoms with E-state index in [-0.39, 0.29) is 5.02 Å². The molecule has 8 heteroatoms. The van der Waals surface area contributed by atoms with E-state index in [9.17, 15) is 4.39 Å². The second-order valence-corrected chi connectivity index (χ2v) is 8.18. The van der Waals surface area contributed by atoms with Gasteiger partial charge in [0, 0.05) is 44.4 Å². The number of H-pyrrole nitrogens is 1. The molecule has 1 N–H and O–H groups in total. The third kappa shape index (κ3) is 4.83. The number of halogens is 3. The number of piperazine rings is 1. The molecule has 4 rings (SSSR count). The van der Waals surface area contributed by atoms with E-state index in [1.54, 1.807) is 6.07 Å². The molecule has 5 nitrogen and oxygen atoms in total. The second-order valence-electron chi connectivity index (χ2n) is 7.36. The molecule has 0 atom stereocenters. The summed E-state index contributed by atoms with van der Waals surface area (Å²) in [4.78, 5) is 12.4. The second kappa shape index (κ2) is 8.88. The van der Waals surface area contributed by atoms with Crippen molar-refractivity contribution in [3.8, 4) is 17.1 Å². The van der Waals surface area contributed by atoms with Crippen LogP contribution in [0.5, 0.6) is 5.75 Å². The predicted octanol–water partition coefficient (Wildman–Crippen LogP) is 4.69. The van der Waals surface area contributed by atoms with Crippen LogP contribution in [0.2, 0.25) is 10.0 Å². The maximum atomic E-state index is 13.6. The fourth-order valence-corrected chi connectivity index (χ4v) is 3.84. The highest BCUT2D eigenvalue weighted by molar-refractivity contribution is 6.32. The van der Waals surface area contributed by atoms with Crippen molar-refractivity contribution >= 4 is 34.2 Å². The molecule has 0 spiro atoms. The van der Waals surface area contributed by atoms with Crippen molar-refractivity contribution in [3.05, 3.63) is 46.2 Å². The molecule has 2 aromatic carbocycles. The van der Waals surface area contributed by atoms with Gasteiger partial charge in [0.1, 0.15) is 17.4 Å². The largest absolute Gasteiger partial charge is 0.492 e. The van der Waals surface area contributed by atoms with E-state index in [1.807, 2.05) is 12.1 Å². The number of hydrogen-bond donors (Lipinski definition) is 1. The SMILES string of the molecule is CN1CCN(CCCOc2ccc(-c3nc4cc(Cl)c(F)cc4[nH]3)cc2Cl)CC1. The van der Waals surface area contributed by atoms with E-state index in [2.05, 4.69) is 26.8 Å². The molecule has 0 unspecified atom stereocenters. The first-order chi connectivity index (χ1) is 14.0. The minimum Gasteiger partial charge on any atom is -0.492 e. The van der Waals surface area contributed by atoms with Crippen LogP contribution in [0.1, 0.15) is 6.42 Å². The molecule has 0 aliphatic carbocycles. The van der Waals surface area contributed by atoms with Gasteiger partial charge in [-0.15, -0.1) is 0 Å². The molecule has 1 fully saturated rings. The molecule has 1 aliphatic heterocycles. The Morgan fingerprint density at radius 3 is 2.66 bits per heavy atom. The van der Waals surface area contributed by atoms with E-state index in [1.165, 1.54) is 12.1 Å². The van der Waals surface area contributed by atoms with Gasteiger partial charge in [-0.2, -0.15) is 0 Å². The first-order valence-corrected chi connectivity index (χ1v) is 10.4. The van der Waals surface area contributed by atoms with Gasteiger partial charge in [-0.1, -0.05) is 23.2 Å². The maximum absolute atomic E-state index is 13.6. The fraction of sp³-hybridized carbons (Fsp3) is 0.381. The fourth-order valence-electron chi connectivity index (χ4n) is 3.45. The van der Waals surface area contributed by atoms with E-state index in [0.29, 0.717) is 34.2 Å². The summed E-state index contributed by atoms with van der Waals surface area (Å²) in [5.41, 5.74) is 1.99. The van der Waals surface area contributed by atoms with Crippen molar-refractivity contribution in [3.63, 3.8) is 0 Å². The molecule has 154 valence electrons. The topological polar surface area (TPSA) is 44.4 Å². The van der Waals surface area contributed by atoms with Gasteiger partial charge in [0.05, 0.1) is 27.7 Å². The normalized spacial score (nSPS) is 15.9. The van der Waals surface area contributed by atoms with Crippen LogP contribution in [0.3, 0.4) is 0 Å². The summed E-state index contributed by atoms with van der Waals surface area (Å²) in [7, 11) is 2.16. The summed E-state index contributed by atoms with van der Waals surface area (Å²) in [5.74, 6) is 0.775. The van der Waals surface area contributed by atoms with E-state index >= 15 is 0 Å². The van der Waals surface area contributed by atoms with E-state index < -0.39 is 5.82 Å². The number of nitrogens with one attached hydrogen (secondary N) is 1. The molecule has 1 aliphatic rings. The van der Waals surface area contributed by atoms with Gasteiger partial charge in [0.15, 0.2) is 0 Å². The van der Waals surface area contributed by atoms with Gasteiger partial charge >= 0.3 is 0 Å². The number of hydrogen-bond acceptors (Lipinski definition) is 4. The van der Waals surface area contributed by atoms with Crippen LogP contribution in [-0.2, 0) is 0 Å². The molecule has 0 saturated carbocycles. The Morgan fingerprint density at radius 1 is 1.10 bits per heavy atom. The number of benzene rings is 2. The van der Waals surface area contributed by atoms with Gasteiger partial charge in [0.25, 0.3) is 0 Å². The highest BCUT2D eigenvalue weighted by atomic mass is 35.5. The lowest BCUT2D eigenvalue weighted by molar-refractivity contribution is 0.145. The molecule has 3 aromatic rings. The summed E-state index contributed by atoms with van der Waals surface area (Å²) < 4.78 is 19.5. The number of aromatic nitrogens is 2. The van der Waals surface area contributed by atoms with Crippen molar-refractivity contribution in [1.29, 1.82) is 0 Å².